The minimum atomic E-state index is -3.37. The summed E-state index contributed by atoms with van der Waals surface area (Å²) in [6.07, 6.45) is -3.37. The van der Waals surface area contributed by atoms with E-state index in [1.807, 2.05) is 0 Å². The summed E-state index contributed by atoms with van der Waals surface area (Å²) >= 11 is 0. The molecule has 0 aliphatic carbocycles. The zero-order chi connectivity index (χ0) is 8.36. The lowest BCUT2D eigenvalue weighted by Gasteiger charge is -2.15. The van der Waals surface area contributed by atoms with Gasteiger partial charge in [0.1, 0.15) is 0 Å². The van der Waals surface area contributed by atoms with E-state index in [2.05, 4.69) is 4.94 Å². The molecule has 0 amide bonds. The fourth-order valence-corrected chi connectivity index (χ4v) is 0.167. The molecule has 0 spiro atoms. The second kappa shape index (κ2) is 2.87. The van der Waals surface area contributed by atoms with Crippen LogP contribution in [-0.2, 0) is 9.74 Å². The van der Waals surface area contributed by atoms with Gasteiger partial charge >= 0.3 is 5.97 Å². The zero-order valence-electron chi connectivity index (χ0n) is 4.97. The van der Waals surface area contributed by atoms with Crippen molar-refractivity contribution >= 4 is 5.97 Å². The van der Waals surface area contributed by atoms with Crippen molar-refractivity contribution in [3.8, 4) is 0 Å². The van der Waals surface area contributed by atoms with Gasteiger partial charge in [-0.3, -0.25) is 4.94 Å². The van der Waals surface area contributed by atoms with E-state index in [0.717, 1.165) is 0 Å². The monoisotopic (exact) mass is 158 g/mol. The lowest BCUT2D eigenvalue weighted by Crippen LogP contribution is -2.42. The predicted molar refractivity (Wildman–Crippen MR) is 23.8 cm³/mol. The van der Waals surface area contributed by atoms with Gasteiger partial charge in [-0.25, -0.2) is 13.6 Å². The van der Waals surface area contributed by atoms with Gasteiger partial charge in [-0.15, -0.1) is 0 Å². The highest BCUT2D eigenvalue weighted by molar-refractivity contribution is 5.78. The van der Waals surface area contributed by atoms with E-state index in [1.165, 1.54) is 0 Å². The van der Waals surface area contributed by atoms with Crippen LogP contribution in [0.3, 0.4) is 0 Å². The van der Waals surface area contributed by atoms with Crippen LogP contribution in [0.15, 0.2) is 0 Å². The number of aliphatic hydroxyl groups is 1. The quantitative estimate of drug-likeness (QED) is 0.633. The maximum Gasteiger partial charge on any atom is 0.385 e. The van der Waals surface area contributed by atoms with Crippen molar-refractivity contribution in [2.75, 3.05) is 0 Å². The van der Waals surface area contributed by atoms with E-state index >= 15 is 0 Å². The Bertz CT molecular complexity index is 134. The molecule has 1 atom stereocenters. The Kier molecular flexibility index (Phi) is 2.65. The number of halogens is 3. The minimum absolute atomic E-state index is 0.458. The molecule has 0 aliphatic rings. The molecule has 0 radical (unpaired) electrons. The van der Waals surface area contributed by atoms with E-state index in [9.17, 15) is 18.1 Å². The van der Waals surface area contributed by atoms with E-state index in [-0.39, 0.29) is 0 Å². The van der Waals surface area contributed by atoms with E-state index in [0.29, 0.717) is 6.92 Å². The molecule has 0 heterocycles. The maximum absolute atomic E-state index is 11.5. The summed E-state index contributed by atoms with van der Waals surface area (Å²) in [6, 6.07) is 0. The number of alkyl halides is 2. The van der Waals surface area contributed by atoms with Gasteiger partial charge in [0.2, 0.25) is 5.60 Å². The average Bonchev–Trinajstić information content (AvgIpc) is 1.86. The first-order chi connectivity index (χ1) is 4.42. The number of hydrogen-bond donors (Lipinski definition) is 1. The Morgan fingerprint density at radius 2 is 2.10 bits per heavy atom. The van der Waals surface area contributed by atoms with Crippen molar-refractivity contribution in [1.29, 1.82) is 0 Å². The summed E-state index contributed by atoms with van der Waals surface area (Å²) in [6.45, 7) is 0.458. The molecule has 0 aromatic heterocycles. The first kappa shape index (κ1) is 9.22. The number of rotatable bonds is 2. The van der Waals surface area contributed by atoms with Gasteiger partial charge in [-0.1, -0.05) is 0 Å². The summed E-state index contributed by atoms with van der Waals surface area (Å²) in [7, 11) is 0. The lowest BCUT2D eigenvalue weighted by molar-refractivity contribution is -0.216. The molecule has 0 fully saturated rings. The molecule has 60 valence electrons. The molecule has 0 aromatic carbocycles. The Hall–Kier alpha value is -0.780. The Morgan fingerprint density at radius 3 is 2.20 bits per heavy atom. The fraction of sp³-hybridized carbons (Fsp3) is 0.750. The molecule has 0 aromatic rings. The Balaban J connectivity index is 4.24. The average molecular weight is 158 g/mol. The molecular weight excluding hydrogens is 153 g/mol. The third-order valence-corrected chi connectivity index (χ3v) is 0.908. The minimum Gasteiger partial charge on any atom is -0.374 e. The van der Waals surface area contributed by atoms with Crippen LogP contribution in [0.1, 0.15) is 6.92 Å². The van der Waals surface area contributed by atoms with Crippen LogP contribution in [0.4, 0.5) is 13.3 Å². The molecule has 10 heavy (non-hydrogen) atoms. The van der Waals surface area contributed by atoms with Gasteiger partial charge < -0.3 is 5.11 Å². The lowest BCUT2D eigenvalue weighted by atomic mass is 10.1. The normalized spacial score (nSPS) is 16.6. The van der Waals surface area contributed by atoms with Gasteiger partial charge in [0.05, 0.1) is 0 Å². The summed E-state index contributed by atoms with van der Waals surface area (Å²) in [5, 5.41) is 8.40. The highest BCUT2D eigenvalue weighted by Gasteiger charge is 2.43. The summed E-state index contributed by atoms with van der Waals surface area (Å²) in [4.78, 5) is 12.4. The highest BCUT2D eigenvalue weighted by atomic mass is 19.3. The first-order valence-corrected chi connectivity index (χ1v) is 2.26. The number of carbonyl (C=O) groups is 1. The molecule has 0 rings (SSSR count). The maximum atomic E-state index is 11.5. The van der Waals surface area contributed by atoms with Crippen molar-refractivity contribution < 1.29 is 28.1 Å². The van der Waals surface area contributed by atoms with Crippen LogP contribution in [0.2, 0.25) is 0 Å². The second-order valence-electron chi connectivity index (χ2n) is 1.81. The van der Waals surface area contributed by atoms with Gasteiger partial charge in [0.25, 0.3) is 6.43 Å². The van der Waals surface area contributed by atoms with Crippen LogP contribution in [-0.4, -0.2) is 23.1 Å². The van der Waals surface area contributed by atoms with Crippen LogP contribution < -0.4 is 0 Å². The van der Waals surface area contributed by atoms with Crippen LogP contribution in [0.25, 0.3) is 0 Å². The fourth-order valence-electron chi connectivity index (χ4n) is 0.167. The van der Waals surface area contributed by atoms with Gasteiger partial charge in [-0.05, 0) is 6.92 Å². The predicted octanol–water partition coefficient (Wildman–Crippen LogP) is 0.430. The SMILES string of the molecule is CC(O)(C(=O)OF)C(F)F. The number of hydrogen-bond acceptors (Lipinski definition) is 3. The van der Waals surface area contributed by atoms with Crippen molar-refractivity contribution in [3.63, 3.8) is 0 Å². The van der Waals surface area contributed by atoms with Crippen LogP contribution >= 0.6 is 0 Å². The molecule has 1 N–H and O–H groups in total. The zero-order valence-corrected chi connectivity index (χ0v) is 4.97. The number of carbonyl (C=O) groups excluding carboxylic acids is 1. The van der Waals surface area contributed by atoms with E-state index in [4.69, 9.17) is 5.11 Å². The molecule has 1 unspecified atom stereocenters. The summed E-state index contributed by atoms with van der Waals surface area (Å²) in [5.74, 6) is -2.00. The molecule has 0 aliphatic heterocycles. The van der Waals surface area contributed by atoms with Gasteiger partial charge in [-0.2, -0.15) is 0 Å². The molecule has 0 saturated carbocycles. The topological polar surface area (TPSA) is 46.5 Å². The van der Waals surface area contributed by atoms with Crippen LogP contribution in [0, 0.1) is 0 Å². The van der Waals surface area contributed by atoms with Crippen molar-refractivity contribution in [3.05, 3.63) is 0 Å². The third-order valence-electron chi connectivity index (χ3n) is 0.908. The van der Waals surface area contributed by atoms with Crippen LogP contribution in [0.5, 0.6) is 0 Å². The molecule has 0 bridgehead atoms. The van der Waals surface area contributed by atoms with Crippen molar-refractivity contribution in [2.45, 2.75) is 19.0 Å². The second-order valence-corrected chi connectivity index (χ2v) is 1.81. The molecule has 3 nitrogen and oxygen atoms in total. The molecule has 0 saturated heterocycles. The first-order valence-electron chi connectivity index (χ1n) is 2.26. The molecule has 6 heteroatoms. The smallest absolute Gasteiger partial charge is 0.374 e. The Morgan fingerprint density at radius 1 is 1.70 bits per heavy atom. The van der Waals surface area contributed by atoms with E-state index in [1.54, 1.807) is 0 Å². The van der Waals surface area contributed by atoms with Crippen molar-refractivity contribution in [2.24, 2.45) is 0 Å². The van der Waals surface area contributed by atoms with Gasteiger partial charge in [0, 0.05) is 4.53 Å². The highest BCUT2D eigenvalue weighted by Crippen LogP contribution is 2.16. The summed E-state index contributed by atoms with van der Waals surface area (Å²) < 4.78 is 34.0. The third kappa shape index (κ3) is 1.60. The van der Waals surface area contributed by atoms with E-state index < -0.39 is 18.0 Å². The molecular formula is C4H5F3O3. The largest absolute Gasteiger partial charge is 0.385 e. The summed E-state index contributed by atoms with van der Waals surface area (Å²) in [5.41, 5.74) is -3.06. The Labute approximate surface area is 54.3 Å². The van der Waals surface area contributed by atoms with Crippen molar-refractivity contribution in [1.82, 2.24) is 0 Å². The van der Waals surface area contributed by atoms with Gasteiger partial charge in [0.15, 0.2) is 0 Å². The standard InChI is InChI=1S/C4H5F3O3/c1-4(9,2(5)6)3(8)10-7/h2,9H,1H3.